The van der Waals surface area contributed by atoms with Crippen LogP contribution in [0.2, 0.25) is 0 Å². The number of nitrogens with two attached hydrogens (primary N) is 1. The molecule has 7 heteroatoms. The summed E-state index contributed by atoms with van der Waals surface area (Å²) >= 11 is 1.30. The molecule has 1 unspecified atom stereocenters. The molecule has 1 amide bonds. The first-order chi connectivity index (χ1) is 10.2. The molecule has 3 N–H and O–H groups in total. The monoisotopic (exact) mass is 306 g/mol. The number of anilines is 1. The number of carbonyl (C=O) groups is 1. The molecule has 3 rings (SSSR count). The Kier molecular flexibility index (Phi) is 4.03. The van der Waals surface area contributed by atoms with E-state index in [2.05, 4.69) is 9.97 Å². The number of likely N-dealkylation sites (tertiary alicyclic amines) is 1. The summed E-state index contributed by atoms with van der Waals surface area (Å²) in [6.45, 7) is 1.61. The summed E-state index contributed by atoms with van der Waals surface area (Å²) in [6.07, 6.45) is 5.96. The second kappa shape index (κ2) is 5.95. The molecule has 1 aliphatic heterocycles. The Bertz CT molecular complexity index is 655. The molecule has 0 bridgehead atoms. The number of aliphatic hydroxyl groups is 1. The van der Waals surface area contributed by atoms with Gasteiger partial charge in [0.2, 0.25) is 0 Å². The maximum absolute atomic E-state index is 12.7. The first kappa shape index (κ1) is 14.2. The van der Waals surface area contributed by atoms with Gasteiger partial charge in [-0.15, -0.1) is 11.3 Å². The van der Waals surface area contributed by atoms with Crippen LogP contribution in [0.4, 0.5) is 5.69 Å². The van der Waals surface area contributed by atoms with Gasteiger partial charge in [-0.25, -0.2) is 9.97 Å². The van der Waals surface area contributed by atoms with Gasteiger partial charge in [0.05, 0.1) is 5.69 Å². The number of carbonyl (C=O) groups excluding carboxylic acids is 1. The third-order valence-electron chi connectivity index (χ3n) is 3.90. The molecule has 2 aromatic heterocycles. The lowest BCUT2D eigenvalue weighted by molar-refractivity contribution is 0.0659. The molecule has 0 spiro atoms. The standard InChI is InChI=1S/C14H18N4O2S/c15-10-11-13(17-5-4-16-11)21-12(10)14(20)18-6-1-2-9(8-18)3-7-19/h4-5,9,19H,1-3,6-8,15H2. The molecule has 6 nitrogen and oxygen atoms in total. The van der Waals surface area contributed by atoms with Gasteiger partial charge < -0.3 is 15.7 Å². The van der Waals surface area contributed by atoms with Gasteiger partial charge in [0.1, 0.15) is 15.2 Å². The number of rotatable bonds is 3. The number of aliphatic hydroxyl groups excluding tert-OH is 1. The maximum atomic E-state index is 12.7. The highest BCUT2D eigenvalue weighted by atomic mass is 32.1. The van der Waals surface area contributed by atoms with Gasteiger partial charge in [0.15, 0.2) is 0 Å². The molecule has 1 aliphatic rings. The van der Waals surface area contributed by atoms with Crippen molar-refractivity contribution < 1.29 is 9.90 Å². The van der Waals surface area contributed by atoms with E-state index in [-0.39, 0.29) is 12.5 Å². The van der Waals surface area contributed by atoms with E-state index in [1.807, 2.05) is 4.90 Å². The second-order valence-electron chi connectivity index (χ2n) is 5.33. The number of hydrogen-bond donors (Lipinski definition) is 2. The van der Waals surface area contributed by atoms with Crippen LogP contribution in [0.15, 0.2) is 12.4 Å². The Morgan fingerprint density at radius 1 is 1.48 bits per heavy atom. The number of amides is 1. The third-order valence-corrected chi connectivity index (χ3v) is 4.99. The number of fused-ring (bicyclic) bond motifs is 1. The molecular weight excluding hydrogens is 288 g/mol. The van der Waals surface area contributed by atoms with Crippen LogP contribution in [0.25, 0.3) is 10.3 Å². The molecular formula is C14H18N4O2S. The predicted octanol–water partition coefficient (Wildman–Crippen LogP) is 1.51. The van der Waals surface area contributed by atoms with Gasteiger partial charge in [0, 0.05) is 32.1 Å². The fourth-order valence-electron chi connectivity index (χ4n) is 2.81. The van der Waals surface area contributed by atoms with Gasteiger partial charge in [-0.2, -0.15) is 0 Å². The van der Waals surface area contributed by atoms with Crippen molar-refractivity contribution in [3.8, 4) is 0 Å². The Labute approximate surface area is 126 Å². The van der Waals surface area contributed by atoms with Crippen molar-refractivity contribution >= 4 is 33.3 Å². The summed E-state index contributed by atoms with van der Waals surface area (Å²) in [6, 6.07) is 0. The van der Waals surface area contributed by atoms with Crippen LogP contribution in [0.1, 0.15) is 28.9 Å². The van der Waals surface area contributed by atoms with Crippen molar-refractivity contribution in [2.75, 3.05) is 25.4 Å². The average Bonchev–Trinajstić information content (AvgIpc) is 2.85. The summed E-state index contributed by atoms with van der Waals surface area (Å²) in [7, 11) is 0. The molecule has 1 fully saturated rings. The fraction of sp³-hybridized carbons (Fsp3) is 0.500. The first-order valence-electron chi connectivity index (χ1n) is 7.10. The van der Waals surface area contributed by atoms with E-state index in [1.54, 1.807) is 12.4 Å². The lowest BCUT2D eigenvalue weighted by Crippen LogP contribution is -2.40. The molecule has 0 saturated carbocycles. The van der Waals surface area contributed by atoms with Crippen LogP contribution in [-0.4, -0.2) is 45.6 Å². The SMILES string of the molecule is Nc1c(C(=O)N2CCCC(CCO)C2)sc2nccnc12. The van der Waals surface area contributed by atoms with Crippen LogP contribution in [-0.2, 0) is 0 Å². The Morgan fingerprint density at radius 2 is 2.29 bits per heavy atom. The van der Waals surface area contributed by atoms with Crippen LogP contribution in [0.3, 0.4) is 0 Å². The van der Waals surface area contributed by atoms with Crippen LogP contribution in [0, 0.1) is 5.92 Å². The number of aromatic nitrogens is 2. The maximum Gasteiger partial charge on any atom is 0.266 e. The average molecular weight is 306 g/mol. The summed E-state index contributed by atoms with van der Waals surface area (Å²) in [5.74, 6) is 0.333. The molecule has 0 aromatic carbocycles. The van der Waals surface area contributed by atoms with Crippen LogP contribution < -0.4 is 5.73 Å². The molecule has 3 heterocycles. The van der Waals surface area contributed by atoms with Crippen molar-refractivity contribution in [2.45, 2.75) is 19.3 Å². The van der Waals surface area contributed by atoms with E-state index >= 15 is 0 Å². The van der Waals surface area contributed by atoms with Crippen molar-refractivity contribution in [3.05, 3.63) is 17.3 Å². The van der Waals surface area contributed by atoms with Crippen molar-refractivity contribution in [1.82, 2.24) is 14.9 Å². The smallest absolute Gasteiger partial charge is 0.266 e. The van der Waals surface area contributed by atoms with Gasteiger partial charge in [0.25, 0.3) is 5.91 Å². The van der Waals surface area contributed by atoms with E-state index in [9.17, 15) is 4.79 Å². The fourth-order valence-corrected chi connectivity index (χ4v) is 3.80. The summed E-state index contributed by atoms with van der Waals surface area (Å²) in [5.41, 5.74) is 7.09. The zero-order valence-corrected chi connectivity index (χ0v) is 12.5. The third kappa shape index (κ3) is 2.71. The van der Waals surface area contributed by atoms with Crippen LogP contribution in [0.5, 0.6) is 0 Å². The quantitative estimate of drug-likeness (QED) is 0.896. The molecule has 112 valence electrons. The van der Waals surface area contributed by atoms with E-state index in [4.69, 9.17) is 10.8 Å². The minimum absolute atomic E-state index is 0.0417. The van der Waals surface area contributed by atoms with E-state index in [0.717, 1.165) is 25.8 Å². The summed E-state index contributed by atoms with van der Waals surface area (Å²) < 4.78 is 0. The normalized spacial score (nSPS) is 19.1. The number of hydrogen-bond acceptors (Lipinski definition) is 6. The molecule has 0 aliphatic carbocycles. The second-order valence-corrected chi connectivity index (χ2v) is 6.33. The lowest BCUT2D eigenvalue weighted by Gasteiger charge is -2.32. The molecule has 0 radical (unpaired) electrons. The van der Waals surface area contributed by atoms with Gasteiger partial charge in [-0.05, 0) is 25.2 Å². The summed E-state index contributed by atoms with van der Waals surface area (Å²) in [5, 5.41) is 9.06. The van der Waals surface area contributed by atoms with Crippen molar-refractivity contribution in [3.63, 3.8) is 0 Å². The highest BCUT2D eigenvalue weighted by Gasteiger charge is 2.27. The van der Waals surface area contributed by atoms with E-state index in [0.29, 0.717) is 33.4 Å². The summed E-state index contributed by atoms with van der Waals surface area (Å²) in [4.78, 5) is 24.1. The molecule has 2 aromatic rings. The molecule has 21 heavy (non-hydrogen) atoms. The molecule has 1 atom stereocenters. The topological polar surface area (TPSA) is 92.3 Å². The first-order valence-corrected chi connectivity index (χ1v) is 7.91. The van der Waals surface area contributed by atoms with Gasteiger partial charge in [-0.1, -0.05) is 0 Å². The minimum atomic E-state index is -0.0417. The zero-order valence-electron chi connectivity index (χ0n) is 11.7. The highest BCUT2D eigenvalue weighted by molar-refractivity contribution is 7.21. The Hall–Kier alpha value is -1.73. The minimum Gasteiger partial charge on any atom is -0.396 e. The largest absolute Gasteiger partial charge is 0.396 e. The van der Waals surface area contributed by atoms with Crippen LogP contribution >= 0.6 is 11.3 Å². The number of nitrogen functional groups attached to an aromatic ring is 1. The van der Waals surface area contributed by atoms with E-state index < -0.39 is 0 Å². The van der Waals surface area contributed by atoms with Gasteiger partial charge >= 0.3 is 0 Å². The number of piperidine rings is 1. The Morgan fingerprint density at radius 3 is 3.05 bits per heavy atom. The zero-order chi connectivity index (χ0) is 14.8. The highest BCUT2D eigenvalue weighted by Crippen LogP contribution is 2.32. The Balaban J connectivity index is 1.84. The number of nitrogens with zero attached hydrogens (tertiary/aromatic N) is 3. The van der Waals surface area contributed by atoms with Crippen molar-refractivity contribution in [1.29, 1.82) is 0 Å². The van der Waals surface area contributed by atoms with E-state index in [1.165, 1.54) is 11.3 Å². The van der Waals surface area contributed by atoms with Gasteiger partial charge in [-0.3, -0.25) is 4.79 Å². The predicted molar refractivity (Wildman–Crippen MR) is 82.2 cm³/mol. The number of thiophene rings is 1. The van der Waals surface area contributed by atoms with Crippen molar-refractivity contribution in [2.24, 2.45) is 5.92 Å². The molecule has 1 saturated heterocycles. The lowest BCUT2D eigenvalue weighted by atomic mass is 9.95.